The predicted molar refractivity (Wildman–Crippen MR) is 113 cm³/mol. The van der Waals surface area contributed by atoms with Crippen LogP contribution in [0.4, 0.5) is 5.13 Å². The summed E-state index contributed by atoms with van der Waals surface area (Å²) in [7, 11) is 0. The Morgan fingerprint density at radius 3 is 2.68 bits per heavy atom. The normalized spacial score (nSPS) is 21.1. The molecule has 2 aromatic rings. The molecule has 1 atom stereocenters. The van der Waals surface area contributed by atoms with Crippen molar-refractivity contribution in [3.63, 3.8) is 0 Å². The Kier molecular flexibility index (Phi) is 6.22. The molecule has 0 bridgehead atoms. The van der Waals surface area contributed by atoms with Crippen LogP contribution in [0.1, 0.15) is 31.2 Å². The third-order valence-electron chi connectivity index (χ3n) is 5.83. The number of carbonyl (C=O) groups excluding carboxylic acids is 1. The quantitative estimate of drug-likeness (QED) is 0.773. The average molecular weight is 400 g/mol. The molecule has 2 fully saturated rings. The minimum atomic E-state index is 0.0865. The highest BCUT2D eigenvalue weighted by molar-refractivity contribution is 7.09. The van der Waals surface area contributed by atoms with Crippen LogP contribution in [0.3, 0.4) is 0 Å². The molecule has 0 spiro atoms. The molecule has 1 unspecified atom stereocenters. The lowest BCUT2D eigenvalue weighted by Crippen LogP contribution is -2.52. The van der Waals surface area contributed by atoms with Crippen LogP contribution in [0.15, 0.2) is 30.3 Å². The van der Waals surface area contributed by atoms with E-state index in [1.165, 1.54) is 17.1 Å². The first-order chi connectivity index (χ1) is 13.7. The molecule has 28 heavy (non-hydrogen) atoms. The maximum atomic E-state index is 13.0. The van der Waals surface area contributed by atoms with Crippen molar-refractivity contribution in [2.45, 2.75) is 26.2 Å². The maximum Gasteiger partial charge on any atom is 0.227 e. The molecule has 2 aliphatic rings. The van der Waals surface area contributed by atoms with Crippen LogP contribution in [-0.4, -0.2) is 70.9 Å². The highest BCUT2D eigenvalue weighted by atomic mass is 32.1. The Morgan fingerprint density at radius 2 is 1.93 bits per heavy atom. The Morgan fingerprint density at radius 1 is 1.14 bits per heavy atom. The van der Waals surface area contributed by atoms with Gasteiger partial charge in [0.1, 0.15) is 5.82 Å². The maximum absolute atomic E-state index is 13.0. The summed E-state index contributed by atoms with van der Waals surface area (Å²) in [5.41, 5.74) is 1.23. The van der Waals surface area contributed by atoms with Crippen molar-refractivity contribution >= 4 is 22.6 Å². The van der Waals surface area contributed by atoms with Crippen molar-refractivity contribution in [2.24, 2.45) is 5.92 Å². The zero-order valence-electron chi connectivity index (χ0n) is 16.6. The van der Waals surface area contributed by atoms with Gasteiger partial charge in [-0.3, -0.25) is 4.79 Å². The van der Waals surface area contributed by atoms with Gasteiger partial charge in [-0.2, -0.15) is 4.37 Å². The van der Waals surface area contributed by atoms with Crippen molar-refractivity contribution in [2.75, 3.05) is 50.7 Å². The molecule has 3 heterocycles. The molecule has 1 aromatic heterocycles. The second kappa shape index (κ2) is 9.01. The minimum Gasteiger partial charge on any atom is -0.346 e. The fourth-order valence-corrected chi connectivity index (χ4v) is 4.84. The number of anilines is 1. The largest absolute Gasteiger partial charge is 0.346 e. The van der Waals surface area contributed by atoms with Crippen LogP contribution >= 0.6 is 11.5 Å². The topological polar surface area (TPSA) is 52.6 Å². The number of amides is 1. The molecular formula is C21H29N5OS. The van der Waals surface area contributed by atoms with Gasteiger partial charge in [-0.05, 0) is 24.9 Å². The molecule has 4 rings (SSSR count). The van der Waals surface area contributed by atoms with Gasteiger partial charge in [0.15, 0.2) is 0 Å². The van der Waals surface area contributed by atoms with Crippen LogP contribution in [0.5, 0.6) is 0 Å². The summed E-state index contributed by atoms with van der Waals surface area (Å²) in [6, 6.07) is 10.3. The first kappa shape index (κ1) is 19.3. The van der Waals surface area contributed by atoms with Gasteiger partial charge in [0.25, 0.3) is 0 Å². The fourth-order valence-electron chi connectivity index (χ4n) is 4.12. The summed E-state index contributed by atoms with van der Waals surface area (Å²) < 4.78 is 4.55. The van der Waals surface area contributed by atoms with Crippen LogP contribution in [0.2, 0.25) is 0 Å². The van der Waals surface area contributed by atoms with Gasteiger partial charge in [0.05, 0.1) is 5.92 Å². The summed E-state index contributed by atoms with van der Waals surface area (Å²) in [5.74, 6) is 1.29. The van der Waals surface area contributed by atoms with Crippen molar-refractivity contribution in [1.29, 1.82) is 0 Å². The van der Waals surface area contributed by atoms with E-state index in [1.807, 2.05) is 18.2 Å². The highest BCUT2D eigenvalue weighted by Crippen LogP contribution is 2.26. The summed E-state index contributed by atoms with van der Waals surface area (Å²) in [6.07, 6.45) is 2.78. The van der Waals surface area contributed by atoms with Crippen molar-refractivity contribution in [3.8, 4) is 0 Å². The van der Waals surface area contributed by atoms with Crippen LogP contribution < -0.4 is 4.90 Å². The van der Waals surface area contributed by atoms with E-state index < -0.39 is 0 Å². The number of piperidine rings is 1. The molecule has 0 N–H and O–H groups in total. The zero-order chi connectivity index (χ0) is 19.3. The molecule has 1 aromatic carbocycles. The molecule has 1 amide bonds. The zero-order valence-corrected chi connectivity index (χ0v) is 17.4. The fraction of sp³-hybridized carbons (Fsp3) is 0.571. The number of rotatable bonds is 5. The molecule has 150 valence electrons. The molecule has 0 radical (unpaired) electrons. The summed E-state index contributed by atoms with van der Waals surface area (Å²) in [6.45, 7) is 8.72. The van der Waals surface area contributed by atoms with Crippen molar-refractivity contribution in [3.05, 3.63) is 41.7 Å². The monoisotopic (exact) mass is 399 g/mol. The lowest BCUT2D eigenvalue weighted by Gasteiger charge is -2.38. The van der Waals surface area contributed by atoms with Gasteiger partial charge in [0.2, 0.25) is 11.0 Å². The number of piperazine rings is 1. The Balaban J connectivity index is 1.35. The lowest BCUT2D eigenvalue weighted by atomic mass is 9.96. The number of hydrogen-bond donors (Lipinski definition) is 0. The molecule has 6 nitrogen and oxygen atoms in total. The van der Waals surface area contributed by atoms with E-state index in [4.69, 9.17) is 4.98 Å². The Bertz CT molecular complexity index is 772. The summed E-state index contributed by atoms with van der Waals surface area (Å²) in [4.78, 5) is 24.5. The van der Waals surface area contributed by atoms with E-state index in [-0.39, 0.29) is 5.92 Å². The van der Waals surface area contributed by atoms with E-state index in [9.17, 15) is 4.79 Å². The second-order valence-electron chi connectivity index (χ2n) is 7.70. The first-order valence-corrected chi connectivity index (χ1v) is 11.1. The van der Waals surface area contributed by atoms with E-state index in [0.29, 0.717) is 5.91 Å². The first-order valence-electron chi connectivity index (χ1n) is 10.4. The minimum absolute atomic E-state index is 0.0865. The molecule has 0 saturated carbocycles. The van der Waals surface area contributed by atoms with Crippen LogP contribution in [0.25, 0.3) is 0 Å². The molecule has 7 heteroatoms. The van der Waals surface area contributed by atoms with Gasteiger partial charge < -0.3 is 14.7 Å². The molecule has 2 saturated heterocycles. The molecular weight excluding hydrogens is 370 g/mol. The molecule has 0 aliphatic carbocycles. The van der Waals surface area contributed by atoms with Gasteiger partial charge in [0, 0.05) is 57.2 Å². The van der Waals surface area contributed by atoms with Gasteiger partial charge >= 0.3 is 0 Å². The van der Waals surface area contributed by atoms with E-state index in [0.717, 1.165) is 76.0 Å². The lowest BCUT2D eigenvalue weighted by molar-refractivity contribution is -0.137. The van der Waals surface area contributed by atoms with E-state index >= 15 is 0 Å². The summed E-state index contributed by atoms with van der Waals surface area (Å²) in [5, 5.41) is 0.958. The number of benzene rings is 1. The number of likely N-dealkylation sites (N-methyl/N-ethyl adjacent to an activating group) is 1. The van der Waals surface area contributed by atoms with Gasteiger partial charge in [-0.1, -0.05) is 37.3 Å². The predicted octanol–water partition coefficient (Wildman–Crippen LogP) is 2.51. The van der Waals surface area contributed by atoms with Crippen LogP contribution in [-0.2, 0) is 11.2 Å². The average Bonchev–Trinajstić information content (AvgIpc) is 3.22. The number of nitrogens with zero attached hydrogens (tertiary/aromatic N) is 5. The smallest absolute Gasteiger partial charge is 0.227 e. The number of carbonyl (C=O) groups is 1. The Labute approximate surface area is 171 Å². The van der Waals surface area contributed by atoms with Crippen molar-refractivity contribution in [1.82, 2.24) is 19.2 Å². The SMILES string of the molecule is CCN1CCN(C(=O)C2CCCN(c3nc(Cc4ccccc4)ns3)C2)CC1. The third-order valence-corrected chi connectivity index (χ3v) is 6.65. The van der Waals surface area contributed by atoms with Crippen molar-refractivity contribution < 1.29 is 4.79 Å². The summed E-state index contributed by atoms with van der Waals surface area (Å²) >= 11 is 1.46. The third kappa shape index (κ3) is 4.52. The van der Waals surface area contributed by atoms with Gasteiger partial charge in [-0.15, -0.1) is 0 Å². The van der Waals surface area contributed by atoms with Crippen LogP contribution in [0, 0.1) is 5.92 Å². The highest BCUT2D eigenvalue weighted by Gasteiger charge is 2.31. The standard InChI is InChI=1S/C21H29N5OS/c1-2-24-11-13-25(14-12-24)20(27)18-9-6-10-26(16-18)21-22-19(23-28-21)15-17-7-4-3-5-8-17/h3-5,7-8,18H,2,6,9-16H2,1H3. The van der Waals surface area contributed by atoms with Gasteiger partial charge in [-0.25, -0.2) is 4.98 Å². The van der Waals surface area contributed by atoms with E-state index in [1.54, 1.807) is 0 Å². The van der Waals surface area contributed by atoms with E-state index in [2.05, 4.69) is 38.1 Å². The second-order valence-corrected chi connectivity index (χ2v) is 8.43. The number of hydrogen-bond acceptors (Lipinski definition) is 6. The Hall–Kier alpha value is -1.99. The number of aromatic nitrogens is 2. The molecule has 2 aliphatic heterocycles.